The number of hydrogen-bond donors (Lipinski definition) is 1. The summed E-state index contributed by atoms with van der Waals surface area (Å²) in [7, 11) is 0. The van der Waals surface area contributed by atoms with Gasteiger partial charge in [0, 0.05) is 12.1 Å². The maximum absolute atomic E-state index is 13.2. The maximum Gasteiger partial charge on any atom is 0.306 e. The number of carboxylic acid groups (broad SMARTS) is 1. The molecule has 3 nitrogen and oxygen atoms in total. The van der Waals surface area contributed by atoms with Gasteiger partial charge in [-0.2, -0.15) is 0 Å². The summed E-state index contributed by atoms with van der Waals surface area (Å²) in [5, 5.41) is 9.21. The van der Waals surface area contributed by atoms with Crippen LogP contribution >= 0.6 is 11.6 Å². The monoisotopic (exact) mass is 299 g/mol. The van der Waals surface area contributed by atoms with E-state index in [9.17, 15) is 9.18 Å². The van der Waals surface area contributed by atoms with Gasteiger partial charge in [-0.25, -0.2) is 4.39 Å². The predicted molar refractivity (Wildman–Crippen MR) is 76.4 cm³/mol. The van der Waals surface area contributed by atoms with Gasteiger partial charge in [-0.3, -0.25) is 9.69 Å². The number of piperidine rings is 1. The number of aliphatic carboxylic acids is 1. The Bertz CT molecular complexity index is 509. The second-order valence-electron chi connectivity index (χ2n) is 5.50. The summed E-state index contributed by atoms with van der Waals surface area (Å²) in [5.41, 5.74) is 0.956. The summed E-state index contributed by atoms with van der Waals surface area (Å²) in [6.07, 6.45) is 1.30. The van der Waals surface area contributed by atoms with Crippen molar-refractivity contribution in [3.05, 3.63) is 34.6 Å². The van der Waals surface area contributed by atoms with Gasteiger partial charge in [0.15, 0.2) is 0 Å². The molecule has 2 rings (SSSR count). The molecule has 0 radical (unpaired) electrons. The van der Waals surface area contributed by atoms with Crippen LogP contribution in [0.3, 0.4) is 0 Å². The highest BCUT2D eigenvalue weighted by molar-refractivity contribution is 6.30. The lowest BCUT2D eigenvalue weighted by molar-refractivity contribution is -0.144. The highest BCUT2D eigenvalue weighted by Crippen LogP contribution is 2.32. The first-order valence-corrected chi connectivity index (χ1v) is 7.21. The van der Waals surface area contributed by atoms with E-state index < -0.39 is 11.8 Å². The van der Waals surface area contributed by atoms with Crippen LogP contribution in [0.15, 0.2) is 18.2 Å². The van der Waals surface area contributed by atoms with E-state index in [1.54, 1.807) is 12.1 Å². The molecule has 3 atom stereocenters. The molecule has 1 aliphatic rings. The third-order valence-corrected chi connectivity index (χ3v) is 4.49. The number of nitrogens with zero attached hydrogens (tertiary/aromatic N) is 1. The minimum Gasteiger partial charge on any atom is -0.481 e. The smallest absolute Gasteiger partial charge is 0.306 e. The van der Waals surface area contributed by atoms with E-state index in [-0.39, 0.29) is 23.0 Å². The molecule has 0 aromatic heterocycles. The second-order valence-corrected chi connectivity index (χ2v) is 5.90. The van der Waals surface area contributed by atoms with E-state index in [1.807, 2.05) is 13.8 Å². The van der Waals surface area contributed by atoms with Gasteiger partial charge in [0.05, 0.1) is 10.9 Å². The molecule has 1 aromatic rings. The quantitative estimate of drug-likeness (QED) is 0.924. The lowest BCUT2D eigenvalue weighted by Crippen LogP contribution is -2.43. The van der Waals surface area contributed by atoms with Crippen LogP contribution in [0.2, 0.25) is 5.02 Å². The first-order chi connectivity index (χ1) is 9.40. The fraction of sp³-hybridized carbons (Fsp3) is 0.533. The minimum absolute atomic E-state index is 0.0952. The minimum atomic E-state index is -0.714. The Hall–Kier alpha value is -1.13. The molecule has 20 heavy (non-hydrogen) atoms. The molecule has 1 N–H and O–H groups in total. The van der Waals surface area contributed by atoms with Crippen LogP contribution in [0, 0.1) is 11.7 Å². The lowest BCUT2D eigenvalue weighted by atomic mass is 9.89. The Balaban J connectivity index is 2.11. The highest BCUT2D eigenvalue weighted by Gasteiger charge is 2.32. The van der Waals surface area contributed by atoms with Crippen LogP contribution < -0.4 is 0 Å². The van der Waals surface area contributed by atoms with E-state index in [1.165, 1.54) is 6.07 Å². The van der Waals surface area contributed by atoms with Crippen molar-refractivity contribution in [2.45, 2.75) is 38.8 Å². The van der Waals surface area contributed by atoms with Crippen LogP contribution in [0.5, 0.6) is 0 Å². The molecule has 0 bridgehead atoms. The highest BCUT2D eigenvalue weighted by atomic mass is 35.5. The zero-order chi connectivity index (χ0) is 14.9. The molecule has 0 amide bonds. The van der Waals surface area contributed by atoms with Crippen LogP contribution in [0.4, 0.5) is 4.39 Å². The summed E-state index contributed by atoms with van der Waals surface area (Å²) < 4.78 is 13.2. The van der Waals surface area contributed by atoms with Crippen LogP contribution in [0.25, 0.3) is 0 Å². The number of halogens is 2. The largest absolute Gasteiger partial charge is 0.481 e. The summed E-state index contributed by atoms with van der Waals surface area (Å²) >= 11 is 5.83. The molecular formula is C15H19ClFNO2. The molecule has 110 valence electrons. The van der Waals surface area contributed by atoms with Crippen molar-refractivity contribution in [2.75, 3.05) is 6.54 Å². The molecule has 1 fully saturated rings. The van der Waals surface area contributed by atoms with Gasteiger partial charge in [-0.05, 0) is 50.9 Å². The molecule has 1 heterocycles. The third kappa shape index (κ3) is 3.13. The van der Waals surface area contributed by atoms with Crippen molar-refractivity contribution in [1.82, 2.24) is 4.90 Å². The van der Waals surface area contributed by atoms with Gasteiger partial charge >= 0.3 is 5.97 Å². The first-order valence-electron chi connectivity index (χ1n) is 6.83. The van der Waals surface area contributed by atoms with Gasteiger partial charge < -0.3 is 5.11 Å². The molecule has 0 saturated carbocycles. The topological polar surface area (TPSA) is 40.5 Å². The zero-order valence-electron chi connectivity index (χ0n) is 11.6. The SMILES string of the molecule is CC1CC(C(=O)O)CCN1C(C)c1ccc(F)c(Cl)c1. The van der Waals surface area contributed by atoms with Crippen LogP contribution in [-0.4, -0.2) is 28.6 Å². The first kappa shape index (κ1) is 15.3. The summed E-state index contributed by atoms with van der Waals surface area (Å²) in [6.45, 7) is 4.81. The maximum atomic E-state index is 13.2. The van der Waals surface area contributed by atoms with Crippen molar-refractivity contribution in [3.8, 4) is 0 Å². The molecular weight excluding hydrogens is 281 g/mol. The van der Waals surface area contributed by atoms with Crippen molar-refractivity contribution >= 4 is 17.6 Å². The molecule has 1 aliphatic heterocycles. The normalized spacial score (nSPS) is 25.4. The summed E-state index contributed by atoms with van der Waals surface area (Å²) in [5.74, 6) is -1.39. The number of rotatable bonds is 3. The zero-order valence-corrected chi connectivity index (χ0v) is 12.4. The van der Waals surface area contributed by atoms with Crippen molar-refractivity contribution in [2.24, 2.45) is 5.92 Å². The Morgan fingerprint density at radius 1 is 1.55 bits per heavy atom. The van der Waals surface area contributed by atoms with Crippen LogP contribution in [-0.2, 0) is 4.79 Å². The van der Waals surface area contributed by atoms with Gasteiger partial charge in [-0.1, -0.05) is 17.7 Å². The third-order valence-electron chi connectivity index (χ3n) is 4.20. The number of carboxylic acids is 1. The summed E-state index contributed by atoms with van der Waals surface area (Å²) in [4.78, 5) is 13.3. The standard InChI is InChI=1S/C15H19ClFNO2/c1-9-7-12(15(19)20)5-6-18(9)10(2)11-3-4-14(17)13(16)8-11/h3-4,8-10,12H,5-7H2,1-2H3,(H,19,20). The van der Waals surface area contributed by atoms with Gasteiger partial charge in [0.25, 0.3) is 0 Å². The van der Waals surface area contributed by atoms with E-state index in [2.05, 4.69) is 4.90 Å². The number of benzene rings is 1. The van der Waals surface area contributed by atoms with Crippen molar-refractivity contribution in [3.63, 3.8) is 0 Å². The Morgan fingerprint density at radius 3 is 2.80 bits per heavy atom. The summed E-state index contributed by atoms with van der Waals surface area (Å²) in [6, 6.07) is 5.05. The molecule has 1 saturated heterocycles. The number of hydrogen-bond acceptors (Lipinski definition) is 2. The number of likely N-dealkylation sites (tertiary alicyclic amines) is 1. The Labute approximate surface area is 123 Å². The fourth-order valence-electron chi connectivity index (χ4n) is 2.95. The Morgan fingerprint density at radius 2 is 2.25 bits per heavy atom. The fourth-order valence-corrected chi connectivity index (χ4v) is 3.14. The van der Waals surface area contributed by atoms with Crippen molar-refractivity contribution < 1.29 is 14.3 Å². The van der Waals surface area contributed by atoms with Gasteiger partial charge in [-0.15, -0.1) is 0 Å². The average molecular weight is 300 g/mol. The Kier molecular flexibility index (Phi) is 4.66. The lowest BCUT2D eigenvalue weighted by Gasteiger charge is -2.40. The van der Waals surface area contributed by atoms with E-state index in [0.717, 1.165) is 12.1 Å². The molecule has 0 spiro atoms. The van der Waals surface area contributed by atoms with Crippen LogP contribution in [0.1, 0.15) is 38.3 Å². The van der Waals surface area contributed by atoms with E-state index in [0.29, 0.717) is 12.8 Å². The average Bonchev–Trinajstić information content (AvgIpc) is 2.41. The molecule has 3 unspecified atom stereocenters. The predicted octanol–water partition coefficient (Wildman–Crippen LogP) is 3.73. The molecule has 5 heteroatoms. The number of carbonyl (C=O) groups is 1. The van der Waals surface area contributed by atoms with E-state index >= 15 is 0 Å². The molecule has 1 aromatic carbocycles. The van der Waals surface area contributed by atoms with E-state index in [4.69, 9.17) is 16.7 Å². The van der Waals surface area contributed by atoms with Gasteiger partial charge in [0.2, 0.25) is 0 Å². The van der Waals surface area contributed by atoms with Gasteiger partial charge in [0.1, 0.15) is 5.82 Å². The molecule has 0 aliphatic carbocycles. The van der Waals surface area contributed by atoms with Crippen molar-refractivity contribution in [1.29, 1.82) is 0 Å². The second kappa shape index (κ2) is 6.10.